The summed E-state index contributed by atoms with van der Waals surface area (Å²) in [5.74, 6) is 0. The molecule has 0 spiro atoms. The van der Waals surface area contributed by atoms with E-state index in [1.54, 1.807) is 0 Å². The van der Waals surface area contributed by atoms with Gasteiger partial charge < -0.3 is 4.98 Å². The van der Waals surface area contributed by atoms with Crippen LogP contribution in [0.15, 0.2) is 24.4 Å². The zero-order valence-corrected chi connectivity index (χ0v) is 9.64. The maximum absolute atomic E-state index is 3.35. The number of aromatic nitrogens is 1. The van der Waals surface area contributed by atoms with Crippen molar-refractivity contribution in [3.8, 4) is 0 Å². The lowest BCUT2D eigenvalue weighted by atomic mass is 10.0. The van der Waals surface area contributed by atoms with Gasteiger partial charge in [0.25, 0.3) is 0 Å². The number of H-pyrrole nitrogens is 1. The van der Waals surface area contributed by atoms with Crippen LogP contribution in [0.5, 0.6) is 0 Å². The summed E-state index contributed by atoms with van der Waals surface area (Å²) in [4.78, 5) is 3.35. The molecule has 1 nitrogen and oxygen atoms in total. The highest BCUT2D eigenvalue weighted by molar-refractivity contribution is 5.83. The van der Waals surface area contributed by atoms with Gasteiger partial charge in [0.2, 0.25) is 0 Å². The first-order chi connectivity index (χ1) is 7.35. The van der Waals surface area contributed by atoms with Crippen molar-refractivity contribution in [2.45, 2.75) is 39.5 Å². The Morgan fingerprint density at radius 3 is 2.80 bits per heavy atom. The van der Waals surface area contributed by atoms with Crippen LogP contribution >= 0.6 is 0 Å². The summed E-state index contributed by atoms with van der Waals surface area (Å²) >= 11 is 0. The predicted octanol–water partition coefficient (Wildman–Crippen LogP) is 4.07. The van der Waals surface area contributed by atoms with Crippen LogP contribution in [0.1, 0.15) is 37.8 Å². The lowest BCUT2D eigenvalue weighted by Gasteiger charge is -2.00. The molecule has 0 fully saturated rings. The molecular formula is C14H19N. The standard InChI is InChI=1S/C14H19N/c1-3-5-6-12-10-15-14-8-7-11(4-2)9-13(12)14/h7-10,15H,3-6H2,1-2H3. The van der Waals surface area contributed by atoms with E-state index in [1.165, 1.54) is 41.3 Å². The van der Waals surface area contributed by atoms with Gasteiger partial charge in [-0.1, -0.05) is 26.3 Å². The average molecular weight is 201 g/mol. The van der Waals surface area contributed by atoms with Crippen molar-refractivity contribution in [3.05, 3.63) is 35.5 Å². The van der Waals surface area contributed by atoms with Crippen LogP contribution in [-0.2, 0) is 12.8 Å². The van der Waals surface area contributed by atoms with Crippen molar-refractivity contribution in [2.24, 2.45) is 0 Å². The number of aryl methyl sites for hydroxylation is 2. The summed E-state index contributed by atoms with van der Waals surface area (Å²) in [7, 11) is 0. The van der Waals surface area contributed by atoms with E-state index in [0.717, 1.165) is 6.42 Å². The molecule has 0 aliphatic rings. The molecule has 0 atom stereocenters. The number of hydrogen-bond donors (Lipinski definition) is 1. The molecule has 0 unspecified atom stereocenters. The van der Waals surface area contributed by atoms with Crippen LogP contribution in [0.25, 0.3) is 10.9 Å². The van der Waals surface area contributed by atoms with E-state index in [1.807, 2.05) is 0 Å². The Bertz CT molecular complexity index is 440. The van der Waals surface area contributed by atoms with Crippen LogP contribution in [0.2, 0.25) is 0 Å². The normalized spacial score (nSPS) is 11.1. The molecule has 0 aliphatic heterocycles. The van der Waals surface area contributed by atoms with E-state index >= 15 is 0 Å². The second kappa shape index (κ2) is 4.52. The number of nitrogens with one attached hydrogen (secondary N) is 1. The van der Waals surface area contributed by atoms with Gasteiger partial charge in [-0.05, 0) is 42.5 Å². The first kappa shape index (κ1) is 10.3. The molecular weight excluding hydrogens is 182 g/mol. The fourth-order valence-corrected chi connectivity index (χ4v) is 2.02. The van der Waals surface area contributed by atoms with E-state index in [-0.39, 0.29) is 0 Å². The Morgan fingerprint density at radius 2 is 2.07 bits per heavy atom. The zero-order valence-electron chi connectivity index (χ0n) is 9.64. The van der Waals surface area contributed by atoms with Crippen molar-refractivity contribution in [2.75, 3.05) is 0 Å². The first-order valence-electron chi connectivity index (χ1n) is 5.94. The topological polar surface area (TPSA) is 15.8 Å². The molecule has 2 aromatic rings. The second-order valence-electron chi connectivity index (χ2n) is 4.15. The van der Waals surface area contributed by atoms with Crippen molar-refractivity contribution < 1.29 is 0 Å². The number of aromatic amines is 1. The van der Waals surface area contributed by atoms with Crippen LogP contribution in [-0.4, -0.2) is 4.98 Å². The lowest BCUT2D eigenvalue weighted by molar-refractivity contribution is 0.799. The minimum absolute atomic E-state index is 1.12. The summed E-state index contributed by atoms with van der Waals surface area (Å²) in [6.07, 6.45) is 7.03. The highest BCUT2D eigenvalue weighted by atomic mass is 14.7. The Kier molecular flexibility index (Phi) is 3.10. The van der Waals surface area contributed by atoms with Gasteiger partial charge >= 0.3 is 0 Å². The molecule has 0 aliphatic carbocycles. The van der Waals surface area contributed by atoms with E-state index < -0.39 is 0 Å². The number of fused-ring (bicyclic) bond motifs is 1. The molecule has 2 rings (SSSR count). The summed E-state index contributed by atoms with van der Waals surface area (Å²) in [5.41, 5.74) is 4.18. The Morgan fingerprint density at radius 1 is 1.20 bits per heavy atom. The summed E-state index contributed by atoms with van der Waals surface area (Å²) in [5, 5.41) is 1.42. The largest absolute Gasteiger partial charge is 0.361 e. The van der Waals surface area contributed by atoms with E-state index in [4.69, 9.17) is 0 Å². The van der Waals surface area contributed by atoms with Crippen molar-refractivity contribution in [1.29, 1.82) is 0 Å². The Labute approximate surface area is 91.5 Å². The van der Waals surface area contributed by atoms with Gasteiger partial charge in [0.05, 0.1) is 0 Å². The van der Waals surface area contributed by atoms with Gasteiger partial charge in [-0.3, -0.25) is 0 Å². The SMILES string of the molecule is CCCCc1c[nH]c2ccc(CC)cc12. The molecule has 0 saturated heterocycles. The minimum Gasteiger partial charge on any atom is -0.361 e. The predicted molar refractivity (Wildman–Crippen MR) is 66.3 cm³/mol. The van der Waals surface area contributed by atoms with Gasteiger partial charge in [0.15, 0.2) is 0 Å². The third-order valence-electron chi connectivity index (χ3n) is 3.04. The highest BCUT2D eigenvalue weighted by Crippen LogP contribution is 2.21. The monoisotopic (exact) mass is 201 g/mol. The summed E-state index contributed by atoms with van der Waals surface area (Å²) in [6.45, 7) is 4.45. The van der Waals surface area contributed by atoms with Crippen molar-refractivity contribution in [3.63, 3.8) is 0 Å². The second-order valence-corrected chi connectivity index (χ2v) is 4.15. The van der Waals surface area contributed by atoms with Gasteiger partial charge in [-0.2, -0.15) is 0 Å². The highest BCUT2D eigenvalue weighted by Gasteiger charge is 2.03. The number of hydrogen-bond acceptors (Lipinski definition) is 0. The van der Waals surface area contributed by atoms with Crippen molar-refractivity contribution >= 4 is 10.9 Å². The quantitative estimate of drug-likeness (QED) is 0.767. The third kappa shape index (κ3) is 2.06. The maximum Gasteiger partial charge on any atom is 0.0456 e. The van der Waals surface area contributed by atoms with Crippen LogP contribution in [0.4, 0.5) is 0 Å². The smallest absolute Gasteiger partial charge is 0.0456 e. The summed E-state index contributed by atoms with van der Waals surface area (Å²) in [6, 6.07) is 6.74. The fourth-order valence-electron chi connectivity index (χ4n) is 2.02. The molecule has 0 saturated carbocycles. The Hall–Kier alpha value is -1.24. The molecule has 1 heterocycles. The van der Waals surface area contributed by atoms with Gasteiger partial charge in [-0.25, -0.2) is 0 Å². The molecule has 0 amide bonds. The molecule has 15 heavy (non-hydrogen) atoms. The fraction of sp³-hybridized carbons (Fsp3) is 0.429. The molecule has 1 aromatic heterocycles. The maximum atomic E-state index is 3.35. The van der Waals surface area contributed by atoms with E-state index in [9.17, 15) is 0 Å². The average Bonchev–Trinajstić information content (AvgIpc) is 2.68. The molecule has 1 N–H and O–H groups in total. The van der Waals surface area contributed by atoms with Gasteiger partial charge in [-0.15, -0.1) is 0 Å². The molecule has 0 radical (unpaired) electrons. The number of rotatable bonds is 4. The number of benzene rings is 1. The molecule has 0 bridgehead atoms. The molecule has 1 aromatic carbocycles. The summed E-state index contributed by atoms with van der Waals surface area (Å²) < 4.78 is 0. The van der Waals surface area contributed by atoms with Gasteiger partial charge in [0, 0.05) is 17.1 Å². The molecule has 1 heteroatoms. The van der Waals surface area contributed by atoms with E-state index in [2.05, 4.69) is 43.2 Å². The zero-order chi connectivity index (χ0) is 10.7. The number of unbranched alkanes of at least 4 members (excludes halogenated alkanes) is 1. The van der Waals surface area contributed by atoms with Crippen LogP contribution in [0, 0.1) is 0 Å². The lowest BCUT2D eigenvalue weighted by Crippen LogP contribution is -1.83. The minimum atomic E-state index is 1.12. The van der Waals surface area contributed by atoms with Crippen LogP contribution in [0.3, 0.4) is 0 Å². The van der Waals surface area contributed by atoms with Crippen LogP contribution < -0.4 is 0 Å². The Balaban J connectivity index is 2.38. The van der Waals surface area contributed by atoms with Gasteiger partial charge in [0.1, 0.15) is 0 Å². The third-order valence-corrected chi connectivity index (χ3v) is 3.04. The first-order valence-corrected chi connectivity index (χ1v) is 5.94. The van der Waals surface area contributed by atoms with E-state index in [0.29, 0.717) is 0 Å². The molecule has 80 valence electrons. The van der Waals surface area contributed by atoms with Crippen molar-refractivity contribution in [1.82, 2.24) is 4.98 Å².